The summed E-state index contributed by atoms with van der Waals surface area (Å²) in [5, 5.41) is 16.8. The number of alkyl halides is 2. The van der Waals surface area contributed by atoms with Crippen molar-refractivity contribution >= 4 is 23.4 Å². The summed E-state index contributed by atoms with van der Waals surface area (Å²) in [7, 11) is 0. The second-order valence-electron chi connectivity index (χ2n) is 8.72. The third-order valence-corrected chi connectivity index (χ3v) is 6.17. The Balaban J connectivity index is 1.26. The van der Waals surface area contributed by atoms with Crippen molar-refractivity contribution in [3.05, 3.63) is 24.7 Å². The molecule has 11 heteroatoms. The molecule has 2 N–H and O–H groups in total. The van der Waals surface area contributed by atoms with Crippen molar-refractivity contribution < 1.29 is 18.7 Å². The molecule has 166 valence electrons. The van der Waals surface area contributed by atoms with Gasteiger partial charge in [-0.2, -0.15) is 10.1 Å². The van der Waals surface area contributed by atoms with E-state index in [1.807, 2.05) is 6.07 Å². The minimum Gasteiger partial charge on any atom is -0.391 e. The van der Waals surface area contributed by atoms with Crippen molar-refractivity contribution in [2.75, 3.05) is 23.3 Å². The van der Waals surface area contributed by atoms with E-state index in [2.05, 4.69) is 25.3 Å². The molecule has 31 heavy (non-hydrogen) atoms. The monoisotopic (exact) mass is 433 g/mol. The van der Waals surface area contributed by atoms with Crippen molar-refractivity contribution in [1.29, 1.82) is 0 Å². The van der Waals surface area contributed by atoms with Crippen molar-refractivity contribution in [1.82, 2.24) is 24.6 Å². The van der Waals surface area contributed by atoms with Crippen LogP contribution in [0.5, 0.6) is 0 Å². The summed E-state index contributed by atoms with van der Waals surface area (Å²) < 4.78 is 28.4. The molecule has 2 saturated heterocycles. The lowest BCUT2D eigenvalue weighted by Gasteiger charge is -2.41. The van der Waals surface area contributed by atoms with E-state index in [-0.39, 0.29) is 18.5 Å². The summed E-state index contributed by atoms with van der Waals surface area (Å²) in [6, 6.07) is 1.69. The second kappa shape index (κ2) is 7.40. The van der Waals surface area contributed by atoms with Gasteiger partial charge in [0.25, 0.3) is 5.92 Å². The summed E-state index contributed by atoms with van der Waals surface area (Å²) in [6.07, 6.45) is 5.89. The van der Waals surface area contributed by atoms with Gasteiger partial charge in [0.2, 0.25) is 11.9 Å². The van der Waals surface area contributed by atoms with E-state index in [0.29, 0.717) is 31.3 Å². The van der Waals surface area contributed by atoms with Crippen LogP contribution < -0.4 is 10.2 Å². The molecule has 2 aromatic rings. The Labute approximate surface area is 178 Å². The van der Waals surface area contributed by atoms with E-state index in [0.717, 1.165) is 18.7 Å². The number of nitrogens with one attached hydrogen (secondary N) is 1. The average molecular weight is 433 g/mol. The van der Waals surface area contributed by atoms with Crippen LogP contribution in [0.15, 0.2) is 24.7 Å². The molecule has 4 heterocycles. The SMILES string of the molecule is C[C@@H](O)Cn1cc(Nc2nccc(N3C[C@H]4CC[C@@H](C3)N4C(=O)[C@@H]3CC3(F)F)n2)cn1. The van der Waals surface area contributed by atoms with E-state index in [9.17, 15) is 18.7 Å². The fourth-order valence-electron chi connectivity index (χ4n) is 4.62. The molecule has 0 unspecified atom stereocenters. The molecule has 3 aliphatic rings. The highest BCUT2D eigenvalue weighted by molar-refractivity contribution is 5.84. The van der Waals surface area contributed by atoms with Crippen LogP contribution in [0.25, 0.3) is 0 Å². The number of carbonyl (C=O) groups is 1. The van der Waals surface area contributed by atoms with Crippen LogP contribution in [0.2, 0.25) is 0 Å². The maximum atomic E-state index is 13.4. The Morgan fingerprint density at radius 1 is 1.35 bits per heavy atom. The first-order chi connectivity index (χ1) is 14.8. The third kappa shape index (κ3) is 3.93. The highest BCUT2D eigenvalue weighted by Gasteiger charge is 2.64. The minimum absolute atomic E-state index is 0.0623. The number of piperazine rings is 1. The molecule has 9 nitrogen and oxygen atoms in total. The first kappa shape index (κ1) is 20.1. The number of aliphatic hydroxyl groups is 1. The molecule has 1 aliphatic carbocycles. The normalized spacial score (nSPS) is 27.3. The van der Waals surface area contributed by atoms with Crippen molar-refractivity contribution in [3.8, 4) is 0 Å². The van der Waals surface area contributed by atoms with Gasteiger partial charge in [0.05, 0.1) is 24.5 Å². The van der Waals surface area contributed by atoms with Crippen LogP contribution in [0, 0.1) is 5.92 Å². The quantitative estimate of drug-likeness (QED) is 0.714. The number of halogens is 2. The zero-order chi connectivity index (χ0) is 21.8. The largest absolute Gasteiger partial charge is 0.391 e. The maximum Gasteiger partial charge on any atom is 0.260 e. The molecule has 5 rings (SSSR count). The minimum atomic E-state index is -2.83. The molecule has 1 saturated carbocycles. The van der Waals surface area contributed by atoms with Crippen LogP contribution >= 0.6 is 0 Å². The molecule has 2 aliphatic heterocycles. The second-order valence-corrected chi connectivity index (χ2v) is 8.72. The van der Waals surface area contributed by atoms with E-state index >= 15 is 0 Å². The van der Waals surface area contributed by atoms with Crippen LogP contribution in [-0.2, 0) is 11.3 Å². The number of aromatic nitrogens is 4. The maximum absolute atomic E-state index is 13.4. The fourth-order valence-corrected chi connectivity index (χ4v) is 4.62. The van der Waals surface area contributed by atoms with E-state index < -0.39 is 23.9 Å². The molecule has 2 bridgehead atoms. The Morgan fingerprint density at radius 2 is 2.06 bits per heavy atom. The predicted molar refractivity (Wildman–Crippen MR) is 108 cm³/mol. The third-order valence-electron chi connectivity index (χ3n) is 6.17. The molecular weight excluding hydrogens is 408 g/mol. The highest BCUT2D eigenvalue weighted by Crippen LogP contribution is 2.51. The molecule has 1 amide bonds. The lowest BCUT2D eigenvalue weighted by Crippen LogP contribution is -2.56. The number of anilines is 3. The van der Waals surface area contributed by atoms with Gasteiger partial charge in [-0.05, 0) is 25.8 Å². The Morgan fingerprint density at radius 3 is 2.71 bits per heavy atom. The zero-order valence-corrected chi connectivity index (χ0v) is 17.2. The number of nitrogens with zero attached hydrogens (tertiary/aromatic N) is 6. The van der Waals surface area contributed by atoms with Gasteiger partial charge >= 0.3 is 0 Å². The lowest BCUT2D eigenvalue weighted by molar-refractivity contribution is -0.138. The number of hydrogen-bond donors (Lipinski definition) is 2. The molecule has 0 aromatic carbocycles. The van der Waals surface area contributed by atoms with Gasteiger partial charge in [0.15, 0.2) is 0 Å². The number of carbonyl (C=O) groups excluding carboxylic acids is 1. The molecule has 2 aromatic heterocycles. The van der Waals surface area contributed by atoms with Gasteiger partial charge in [-0.25, -0.2) is 13.8 Å². The Bertz CT molecular complexity index is 968. The Kier molecular flexibility index (Phi) is 4.80. The molecular formula is C20H25F2N7O2. The molecule has 0 spiro atoms. The summed E-state index contributed by atoms with van der Waals surface area (Å²) >= 11 is 0. The molecule has 4 atom stereocenters. The van der Waals surface area contributed by atoms with E-state index in [1.54, 1.807) is 35.1 Å². The van der Waals surface area contributed by atoms with Crippen LogP contribution in [0.1, 0.15) is 26.2 Å². The van der Waals surface area contributed by atoms with Gasteiger partial charge < -0.3 is 20.2 Å². The highest BCUT2D eigenvalue weighted by atomic mass is 19.3. The zero-order valence-electron chi connectivity index (χ0n) is 17.2. The average Bonchev–Trinajstić information content (AvgIpc) is 3.00. The Hall–Kier alpha value is -2.82. The van der Waals surface area contributed by atoms with Gasteiger partial charge in [-0.3, -0.25) is 9.48 Å². The first-order valence-electron chi connectivity index (χ1n) is 10.6. The molecule has 0 radical (unpaired) electrons. The predicted octanol–water partition coefficient (Wildman–Crippen LogP) is 1.63. The topological polar surface area (TPSA) is 99.4 Å². The first-order valence-corrected chi connectivity index (χ1v) is 10.6. The number of rotatable bonds is 6. The smallest absolute Gasteiger partial charge is 0.260 e. The summed E-state index contributed by atoms with van der Waals surface area (Å²) in [6.45, 7) is 3.23. The van der Waals surface area contributed by atoms with E-state index in [1.165, 1.54) is 0 Å². The lowest BCUT2D eigenvalue weighted by atomic mass is 10.1. The summed E-state index contributed by atoms with van der Waals surface area (Å²) in [5.41, 5.74) is 0.707. The summed E-state index contributed by atoms with van der Waals surface area (Å²) in [4.78, 5) is 25.2. The van der Waals surface area contributed by atoms with Crippen molar-refractivity contribution in [3.63, 3.8) is 0 Å². The van der Waals surface area contributed by atoms with Crippen LogP contribution in [0.4, 0.5) is 26.2 Å². The van der Waals surface area contributed by atoms with Gasteiger partial charge in [-0.1, -0.05) is 0 Å². The van der Waals surface area contributed by atoms with Gasteiger partial charge in [0, 0.05) is 44.0 Å². The number of amides is 1. The molecule has 3 fully saturated rings. The van der Waals surface area contributed by atoms with Gasteiger partial charge in [0.1, 0.15) is 11.7 Å². The number of hydrogen-bond acceptors (Lipinski definition) is 7. The number of fused-ring (bicyclic) bond motifs is 2. The number of aliphatic hydroxyl groups excluding tert-OH is 1. The standard InChI is InChI=1S/C20H25F2N7O2/c1-12(30)8-28-9-13(7-24-28)25-19-23-5-4-17(26-19)27-10-14-2-3-15(11-27)29(14)18(31)16-6-20(16,21)22/h4-5,7,9,12,14-16,30H,2-3,6,8,10-11H2,1H3,(H,23,25,26)/t12-,14-,15+,16+/m1/s1. The summed E-state index contributed by atoms with van der Waals surface area (Å²) in [5.74, 6) is -3.21. The van der Waals surface area contributed by atoms with Crippen molar-refractivity contribution in [2.24, 2.45) is 5.92 Å². The van der Waals surface area contributed by atoms with E-state index in [4.69, 9.17) is 0 Å². The van der Waals surface area contributed by atoms with Crippen LogP contribution in [0.3, 0.4) is 0 Å². The van der Waals surface area contributed by atoms with Crippen LogP contribution in [-0.4, -0.2) is 72.9 Å². The van der Waals surface area contributed by atoms with Crippen molar-refractivity contribution in [2.45, 2.75) is 56.8 Å². The fraction of sp³-hybridized carbons (Fsp3) is 0.600. The van der Waals surface area contributed by atoms with Gasteiger partial charge in [-0.15, -0.1) is 0 Å².